The van der Waals surface area contributed by atoms with E-state index in [4.69, 9.17) is 23.7 Å². The van der Waals surface area contributed by atoms with Crippen LogP contribution < -0.4 is 0 Å². The van der Waals surface area contributed by atoms with Crippen molar-refractivity contribution in [2.24, 2.45) is 22.7 Å². The van der Waals surface area contributed by atoms with E-state index in [0.717, 1.165) is 13.8 Å². The lowest BCUT2D eigenvalue weighted by molar-refractivity contribution is -0.243. The highest BCUT2D eigenvalue weighted by Gasteiger charge is 2.73. The summed E-state index contributed by atoms with van der Waals surface area (Å²) in [4.78, 5) is 61.3. The van der Waals surface area contributed by atoms with Crippen LogP contribution in [-0.4, -0.2) is 94.0 Å². The second-order valence-electron chi connectivity index (χ2n) is 12.7. The number of fused-ring (bicyclic) bond motifs is 2. The van der Waals surface area contributed by atoms with Gasteiger partial charge in [0.05, 0.1) is 29.1 Å². The molecule has 2 fully saturated rings. The normalized spacial score (nSPS) is 37.3. The number of esters is 5. The third kappa shape index (κ3) is 6.03. The second-order valence-corrected chi connectivity index (χ2v) is 12.7. The van der Waals surface area contributed by atoms with Gasteiger partial charge in [-0.25, -0.2) is 0 Å². The van der Waals surface area contributed by atoms with Gasteiger partial charge in [0.2, 0.25) is 0 Å². The summed E-state index contributed by atoms with van der Waals surface area (Å²) >= 11 is 0. The Hall–Kier alpha value is -3.03. The van der Waals surface area contributed by atoms with Gasteiger partial charge < -0.3 is 39.0 Å². The van der Waals surface area contributed by atoms with E-state index in [1.54, 1.807) is 13.8 Å². The van der Waals surface area contributed by atoms with Crippen LogP contribution in [-0.2, 0) is 47.7 Å². The van der Waals surface area contributed by atoms with Crippen molar-refractivity contribution in [2.45, 2.75) is 117 Å². The number of aliphatic hydroxyl groups excluding tert-OH is 2. The third-order valence-corrected chi connectivity index (χ3v) is 9.53. The molecule has 0 unspecified atom stereocenters. The molecule has 3 N–H and O–H groups in total. The van der Waals surface area contributed by atoms with Crippen LogP contribution in [0.4, 0.5) is 0 Å². The number of hydrogen-bond donors (Lipinski definition) is 3. The molecule has 0 amide bonds. The summed E-state index contributed by atoms with van der Waals surface area (Å²) in [7, 11) is 0. The fourth-order valence-corrected chi connectivity index (χ4v) is 7.94. The molecule has 0 aromatic carbocycles. The Kier molecular flexibility index (Phi) is 9.75. The second kappa shape index (κ2) is 12.2. The van der Waals surface area contributed by atoms with Crippen molar-refractivity contribution in [3.8, 4) is 0 Å². The van der Waals surface area contributed by atoms with E-state index in [9.17, 15) is 39.3 Å². The quantitative estimate of drug-likeness (QED) is 0.211. The van der Waals surface area contributed by atoms with Crippen LogP contribution in [0.3, 0.4) is 0 Å². The van der Waals surface area contributed by atoms with E-state index in [-0.39, 0.29) is 25.0 Å². The highest BCUT2D eigenvalue weighted by Crippen LogP contribution is 2.65. The molecule has 13 nitrogen and oxygen atoms in total. The first-order valence-corrected chi connectivity index (χ1v) is 14.3. The summed E-state index contributed by atoms with van der Waals surface area (Å²) in [5, 5.41) is 36.7. The molecule has 0 radical (unpaired) electrons. The SMILES string of the molecule is CC(=O)OC[C@H]1[C@H]2[C@H](O)[C@]3(C(C)(C)O)C[C@H](OC(C)=O)C(C)=C3[C@@H](O)[C@H](OC(C)=O)[C@]2(C)[C@@H](OC(C)=O)C[C@@H]1OC(C)=O. The molecule has 3 rings (SSSR count). The summed E-state index contributed by atoms with van der Waals surface area (Å²) in [6, 6.07) is 0. The highest BCUT2D eigenvalue weighted by molar-refractivity contribution is 5.69. The highest BCUT2D eigenvalue weighted by atomic mass is 16.6. The number of aliphatic hydroxyl groups is 3. The number of carbonyl (C=O) groups is 5. The minimum Gasteiger partial charge on any atom is -0.465 e. The predicted molar refractivity (Wildman–Crippen MR) is 147 cm³/mol. The van der Waals surface area contributed by atoms with Crippen LogP contribution >= 0.6 is 0 Å². The third-order valence-electron chi connectivity index (χ3n) is 9.53. The lowest BCUT2D eigenvalue weighted by Gasteiger charge is -2.57. The van der Waals surface area contributed by atoms with E-state index in [1.165, 1.54) is 34.6 Å². The first-order chi connectivity index (χ1) is 19.7. The number of ether oxygens (including phenoxy) is 5. The summed E-state index contributed by atoms with van der Waals surface area (Å²) in [6.45, 7) is 11.5. The maximum atomic E-state index is 12.7. The van der Waals surface area contributed by atoms with Crippen molar-refractivity contribution in [2.75, 3.05) is 6.61 Å². The Bertz CT molecular complexity index is 1180. The summed E-state index contributed by atoms with van der Waals surface area (Å²) < 4.78 is 28.2. The predicted octanol–water partition coefficient (Wildman–Crippen LogP) is 1.13. The maximum Gasteiger partial charge on any atom is 0.303 e. The first kappa shape index (κ1) is 34.5. The maximum absolute atomic E-state index is 12.7. The smallest absolute Gasteiger partial charge is 0.303 e. The fourth-order valence-electron chi connectivity index (χ4n) is 7.94. The fraction of sp³-hybridized carbons (Fsp3) is 0.767. The molecule has 0 aromatic heterocycles. The monoisotopic (exact) mass is 612 g/mol. The Morgan fingerprint density at radius 2 is 1.40 bits per heavy atom. The average molecular weight is 613 g/mol. The molecule has 0 aromatic rings. The molecular weight excluding hydrogens is 568 g/mol. The van der Waals surface area contributed by atoms with Crippen LogP contribution in [0.1, 0.15) is 75.2 Å². The summed E-state index contributed by atoms with van der Waals surface area (Å²) in [5.41, 5.74) is -4.67. The Morgan fingerprint density at radius 3 is 1.86 bits per heavy atom. The molecular formula is C30H44O13. The largest absolute Gasteiger partial charge is 0.465 e. The van der Waals surface area contributed by atoms with Gasteiger partial charge in [-0.3, -0.25) is 24.0 Å². The minimum absolute atomic E-state index is 0.109. The van der Waals surface area contributed by atoms with Crippen LogP contribution in [0.25, 0.3) is 0 Å². The summed E-state index contributed by atoms with van der Waals surface area (Å²) in [5.74, 6) is -5.68. The number of hydrogen-bond acceptors (Lipinski definition) is 13. The van der Waals surface area contributed by atoms with E-state index >= 15 is 0 Å². The van der Waals surface area contributed by atoms with E-state index in [2.05, 4.69) is 0 Å². The summed E-state index contributed by atoms with van der Waals surface area (Å²) in [6.07, 6.45) is -8.34. The average Bonchev–Trinajstić information content (AvgIpc) is 3.11. The number of carbonyl (C=O) groups excluding carboxylic acids is 5. The van der Waals surface area contributed by atoms with Gasteiger partial charge in [0.1, 0.15) is 30.5 Å². The molecule has 0 saturated heterocycles. The van der Waals surface area contributed by atoms with Crippen molar-refractivity contribution in [1.82, 2.24) is 0 Å². The van der Waals surface area contributed by atoms with E-state index in [1.807, 2.05) is 0 Å². The Balaban J connectivity index is 2.47. The van der Waals surface area contributed by atoms with Gasteiger partial charge in [-0.2, -0.15) is 0 Å². The zero-order valence-electron chi connectivity index (χ0n) is 26.2. The molecule has 0 aliphatic heterocycles. The van der Waals surface area contributed by atoms with Crippen molar-refractivity contribution in [3.63, 3.8) is 0 Å². The van der Waals surface area contributed by atoms with Crippen molar-refractivity contribution >= 4 is 29.8 Å². The lowest BCUT2D eigenvalue weighted by Crippen LogP contribution is -2.66. The molecule has 0 bridgehead atoms. The standard InChI is InChI=1S/C30H44O13/c1-13-21(41-16(4)33)11-30(28(7,8)38)23(13)25(36)27(43-18(6)35)29(9)22(42-17(5)34)10-20(40-15(3)32)19(12-39-14(2)31)24(29)26(30)37/h19-22,24-27,36-38H,10-12H2,1-9H3/t19-,20+,21+,22+,24+,25-,26+,27+,29-,30+/m1/s1. The van der Waals surface area contributed by atoms with Crippen LogP contribution in [0.5, 0.6) is 0 Å². The molecule has 2 saturated carbocycles. The molecule has 242 valence electrons. The zero-order valence-corrected chi connectivity index (χ0v) is 26.2. The molecule has 13 heteroatoms. The first-order valence-electron chi connectivity index (χ1n) is 14.3. The van der Waals surface area contributed by atoms with Crippen LogP contribution in [0, 0.1) is 22.7 Å². The van der Waals surface area contributed by atoms with Gasteiger partial charge in [0.25, 0.3) is 0 Å². The van der Waals surface area contributed by atoms with Crippen LogP contribution in [0.2, 0.25) is 0 Å². The molecule has 3 aliphatic rings. The molecule has 3 aliphatic carbocycles. The van der Waals surface area contributed by atoms with Gasteiger partial charge in [-0.05, 0) is 31.9 Å². The van der Waals surface area contributed by atoms with Gasteiger partial charge in [-0.1, -0.05) is 6.92 Å². The Labute approximate surface area is 250 Å². The van der Waals surface area contributed by atoms with Gasteiger partial charge in [-0.15, -0.1) is 0 Å². The number of rotatable bonds is 7. The van der Waals surface area contributed by atoms with Gasteiger partial charge in [0, 0.05) is 59.3 Å². The zero-order chi connectivity index (χ0) is 32.8. The topological polar surface area (TPSA) is 192 Å². The van der Waals surface area contributed by atoms with Gasteiger partial charge in [0.15, 0.2) is 0 Å². The Morgan fingerprint density at radius 1 is 0.860 bits per heavy atom. The molecule has 0 heterocycles. The van der Waals surface area contributed by atoms with Crippen molar-refractivity contribution < 1.29 is 63.0 Å². The lowest BCUT2D eigenvalue weighted by atomic mass is 9.52. The van der Waals surface area contributed by atoms with Crippen molar-refractivity contribution in [1.29, 1.82) is 0 Å². The van der Waals surface area contributed by atoms with Crippen molar-refractivity contribution in [3.05, 3.63) is 11.1 Å². The molecule has 10 atom stereocenters. The molecule has 43 heavy (non-hydrogen) atoms. The van der Waals surface area contributed by atoms with Gasteiger partial charge >= 0.3 is 29.8 Å². The minimum atomic E-state index is -1.80. The van der Waals surface area contributed by atoms with Crippen LogP contribution in [0.15, 0.2) is 11.1 Å². The molecule has 0 spiro atoms. The van der Waals surface area contributed by atoms with E-state index in [0.29, 0.717) is 5.57 Å². The van der Waals surface area contributed by atoms with E-state index < -0.39 is 94.7 Å².